The third kappa shape index (κ3) is 2.36. The highest BCUT2D eigenvalue weighted by atomic mass is 16.5. The van der Waals surface area contributed by atoms with Gasteiger partial charge in [0.15, 0.2) is 0 Å². The van der Waals surface area contributed by atoms with Gasteiger partial charge in [-0.2, -0.15) is 0 Å². The van der Waals surface area contributed by atoms with Gasteiger partial charge in [-0.25, -0.2) is 0 Å². The van der Waals surface area contributed by atoms with Crippen LogP contribution in [0.1, 0.15) is 24.8 Å². The molecule has 0 saturated heterocycles. The van der Waals surface area contributed by atoms with E-state index in [0.29, 0.717) is 12.1 Å². The summed E-state index contributed by atoms with van der Waals surface area (Å²) < 4.78 is 10.3. The second-order valence-corrected chi connectivity index (χ2v) is 3.88. The van der Waals surface area contributed by atoms with Crippen molar-refractivity contribution in [3.8, 4) is 0 Å². The van der Waals surface area contributed by atoms with E-state index in [1.807, 2.05) is 6.07 Å². The molecule has 0 radical (unpaired) electrons. The summed E-state index contributed by atoms with van der Waals surface area (Å²) in [5, 5.41) is 3.51. The normalized spacial score (nSPS) is 26.9. The predicted octanol–water partition coefficient (Wildman–Crippen LogP) is 1.94. The minimum absolute atomic E-state index is 0.455. The maximum atomic E-state index is 5.32. The Morgan fingerprint density at radius 3 is 3.14 bits per heavy atom. The van der Waals surface area contributed by atoms with Crippen LogP contribution in [0.2, 0.25) is 0 Å². The van der Waals surface area contributed by atoms with Crippen molar-refractivity contribution in [2.24, 2.45) is 0 Å². The fourth-order valence-electron chi connectivity index (χ4n) is 2.00. The van der Waals surface area contributed by atoms with E-state index in [1.54, 1.807) is 19.6 Å². The second-order valence-electron chi connectivity index (χ2n) is 3.88. The average Bonchev–Trinajstić information content (AvgIpc) is 2.86. The molecule has 2 rings (SSSR count). The van der Waals surface area contributed by atoms with Gasteiger partial charge in [-0.3, -0.25) is 0 Å². The number of rotatable bonds is 4. The number of nitrogens with one attached hydrogen (secondary N) is 1. The maximum absolute atomic E-state index is 5.32. The third-order valence-electron chi connectivity index (χ3n) is 2.89. The first kappa shape index (κ1) is 9.74. The highest BCUT2D eigenvalue weighted by molar-refractivity contribution is 5.04. The number of ether oxygens (including phenoxy) is 1. The van der Waals surface area contributed by atoms with Crippen LogP contribution in [-0.4, -0.2) is 19.3 Å². The standard InChI is InChI=1S/C11H17NO2/c1-13-11-3-2-10(6-11)12-7-9-4-5-14-8-9/h4-5,8,10-12H,2-3,6-7H2,1H3. The van der Waals surface area contributed by atoms with Gasteiger partial charge in [0.25, 0.3) is 0 Å². The highest BCUT2D eigenvalue weighted by Crippen LogP contribution is 2.21. The zero-order valence-corrected chi connectivity index (χ0v) is 8.53. The largest absolute Gasteiger partial charge is 0.472 e. The molecule has 0 amide bonds. The van der Waals surface area contributed by atoms with Crippen LogP contribution < -0.4 is 5.32 Å². The van der Waals surface area contributed by atoms with Crippen molar-refractivity contribution in [1.82, 2.24) is 5.32 Å². The summed E-state index contributed by atoms with van der Waals surface area (Å²) >= 11 is 0. The summed E-state index contributed by atoms with van der Waals surface area (Å²) in [5.74, 6) is 0. The second kappa shape index (κ2) is 4.62. The van der Waals surface area contributed by atoms with Crippen LogP contribution in [0.25, 0.3) is 0 Å². The van der Waals surface area contributed by atoms with Crippen molar-refractivity contribution in [3.05, 3.63) is 24.2 Å². The van der Waals surface area contributed by atoms with Gasteiger partial charge in [-0.15, -0.1) is 0 Å². The molecule has 1 aliphatic rings. The van der Waals surface area contributed by atoms with Crippen LogP contribution >= 0.6 is 0 Å². The van der Waals surface area contributed by atoms with Gasteiger partial charge in [0.1, 0.15) is 0 Å². The first-order valence-electron chi connectivity index (χ1n) is 5.15. The lowest BCUT2D eigenvalue weighted by Gasteiger charge is -2.11. The maximum Gasteiger partial charge on any atom is 0.0947 e. The van der Waals surface area contributed by atoms with Crippen LogP contribution in [0.5, 0.6) is 0 Å². The summed E-state index contributed by atoms with van der Waals surface area (Å²) in [6.45, 7) is 0.900. The SMILES string of the molecule is COC1CCC(NCc2ccoc2)C1. The van der Waals surface area contributed by atoms with E-state index in [2.05, 4.69) is 5.32 Å². The van der Waals surface area contributed by atoms with Gasteiger partial charge in [0, 0.05) is 25.3 Å². The van der Waals surface area contributed by atoms with E-state index in [-0.39, 0.29) is 0 Å². The Balaban J connectivity index is 1.72. The fraction of sp³-hybridized carbons (Fsp3) is 0.636. The van der Waals surface area contributed by atoms with Crippen LogP contribution in [0.3, 0.4) is 0 Å². The summed E-state index contributed by atoms with van der Waals surface area (Å²) in [5.41, 5.74) is 1.21. The molecule has 0 aliphatic heterocycles. The van der Waals surface area contributed by atoms with E-state index in [9.17, 15) is 0 Å². The lowest BCUT2D eigenvalue weighted by molar-refractivity contribution is 0.107. The summed E-state index contributed by atoms with van der Waals surface area (Å²) in [6.07, 6.45) is 7.49. The van der Waals surface area contributed by atoms with E-state index in [0.717, 1.165) is 13.0 Å². The smallest absolute Gasteiger partial charge is 0.0947 e. The van der Waals surface area contributed by atoms with E-state index < -0.39 is 0 Å². The molecule has 1 heterocycles. The zero-order valence-electron chi connectivity index (χ0n) is 8.53. The topological polar surface area (TPSA) is 34.4 Å². The van der Waals surface area contributed by atoms with Gasteiger partial charge < -0.3 is 14.5 Å². The number of furan rings is 1. The lowest BCUT2D eigenvalue weighted by atomic mass is 10.2. The molecule has 1 fully saturated rings. The Kier molecular flexibility index (Phi) is 3.22. The summed E-state index contributed by atoms with van der Waals surface area (Å²) in [6, 6.07) is 2.60. The monoisotopic (exact) mass is 195 g/mol. The van der Waals surface area contributed by atoms with Crippen molar-refractivity contribution < 1.29 is 9.15 Å². The van der Waals surface area contributed by atoms with Crippen LogP contribution in [0.4, 0.5) is 0 Å². The minimum Gasteiger partial charge on any atom is -0.472 e. The minimum atomic E-state index is 0.455. The first-order valence-corrected chi connectivity index (χ1v) is 5.15. The van der Waals surface area contributed by atoms with E-state index in [1.165, 1.54) is 18.4 Å². The molecular formula is C11H17NO2. The molecule has 0 bridgehead atoms. The van der Waals surface area contributed by atoms with Gasteiger partial charge in [-0.1, -0.05) is 0 Å². The van der Waals surface area contributed by atoms with Crippen LogP contribution in [-0.2, 0) is 11.3 Å². The lowest BCUT2D eigenvalue weighted by Crippen LogP contribution is -2.26. The number of hydrogen-bond donors (Lipinski definition) is 1. The number of methoxy groups -OCH3 is 1. The highest BCUT2D eigenvalue weighted by Gasteiger charge is 2.23. The molecule has 1 N–H and O–H groups in total. The summed E-state index contributed by atoms with van der Waals surface area (Å²) in [4.78, 5) is 0. The molecule has 1 aromatic rings. The molecule has 1 aliphatic carbocycles. The van der Waals surface area contributed by atoms with Crippen molar-refractivity contribution >= 4 is 0 Å². The van der Waals surface area contributed by atoms with Crippen molar-refractivity contribution in [2.75, 3.05) is 7.11 Å². The Morgan fingerprint density at radius 1 is 1.57 bits per heavy atom. The average molecular weight is 195 g/mol. The number of hydrogen-bond acceptors (Lipinski definition) is 3. The van der Waals surface area contributed by atoms with Gasteiger partial charge in [0.05, 0.1) is 18.6 Å². The molecular weight excluding hydrogens is 178 g/mol. The van der Waals surface area contributed by atoms with Gasteiger partial charge in [-0.05, 0) is 25.3 Å². The molecule has 3 nitrogen and oxygen atoms in total. The van der Waals surface area contributed by atoms with Gasteiger partial charge >= 0.3 is 0 Å². The van der Waals surface area contributed by atoms with E-state index in [4.69, 9.17) is 9.15 Å². The Morgan fingerprint density at radius 2 is 2.50 bits per heavy atom. The molecule has 2 atom stereocenters. The molecule has 14 heavy (non-hydrogen) atoms. The molecule has 3 heteroatoms. The predicted molar refractivity (Wildman–Crippen MR) is 54.0 cm³/mol. The zero-order chi connectivity index (χ0) is 9.80. The molecule has 1 saturated carbocycles. The van der Waals surface area contributed by atoms with Crippen molar-refractivity contribution in [2.45, 2.75) is 38.0 Å². The van der Waals surface area contributed by atoms with Crippen molar-refractivity contribution in [1.29, 1.82) is 0 Å². The fourth-order valence-corrected chi connectivity index (χ4v) is 2.00. The first-order chi connectivity index (χ1) is 6.88. The molecule has 1 aromatic heterocycles. The van der Waals surface area contributed by atoms with E-state index >= 15 is 0 Å². The van der Waals surface area contributed by atoms with Crippen molar-refractivity contribution in [3.63, 3.8) is 0 Å². The van der Waals surface area contributed by atoms with Crippen LogP contribution in [0.15, 0.2) is 23.0 Å². The third-order valence-corrected chi connectivity index (χ3v) is 2.89. The van der Waals surface area contributed by atoms with Gasteiger partial charge in [0.2, 0.25) is 0 Å². The molecule has 2 unspecified atom stereocenters. The Hall–Kier alpha value is -0.800. The van der Waals surface area contributed by atoms with Crippen LogP contribution in [0, 0.1) is 0 Å². The molecule has 78 valence electrons. The Bertz CT molecular complexity index is 258. The summed E-state index contributed by atoms with van der Waals surface area (Å²) in [7, 11) is 1.79. The Labute approximate surface area is 84.4 Å². The molecule has 0 aromatic carbocycles. The molecule has 0 spiro atoms. The quantitative estimate of drug-likeness (QED) is 0.797.